The number of hydrogen-bond donors (Lipinski definition) is 1. The molecular formula is C13H23NO. The van der Waals surface area contributed by atoms with Crippen molar-refractivity contribution in [1.82, 2.24) is 0 Å². The van der Waals surface area contributed by atoms with E-state index in [0.29, 0.717) is 6.10 Å². The molecule has 1 heterocycles. The Bertz CT molecular complexity index is 233. The first-order chi connectivity index (χ1) is 7.31. The van der Waals surface area contributed by atoms with Gasteiger partial charge in [0, 0.05) is 12.1 Å². The van der Waals surface area contributed by atoms with E-state index in [1.807, 2.05) is 0 Å². The minimum Gasteiger partial charge on any atom is -0.376 e. The van der Waals surface area contributed by atoms with Crippen LogP contribution in [0.3, 0.4) is 0 Å². The van der Waals surface area contributed by atoms with Crippen molar-refractivity contribution in [3.63, 3.8) is 0 Å². The molecule has 2 aliphatic carbocycles. The van der Waals surface area contributed by atoms with Crippen LogP contribution in [0.25, 0.3) is 0 Å². The lowest BCUT2D eigenvalue weighted by Crippen LogP contribution is -2.55. The summed E-state index contributed by atoms with van der Waals surface area (Å²) in [6, 6.07) is 0. The van der Waals surface area contributed by atoms with E-state index >= 15 is 0 Å². The molecule has 3 rings (SSSR count). The zero-order valence-corrected chi connectivity index (χ0v) is 9.58. The lowest BCUT2D eigenvalue weighted by Gasteiger charge is -2.40. The van der Waals surface area contributed by atoms with Gasteiger partial charge in [0.2, 0.25) is 0 Å². The van der Waals surface area contributed by atoms with E-state index in [9.17, 15) is 0 Å². The van der Waals surface area contributed by atoms with Crippen LogP contribution in [-0.4, -0.2) is 18.2 Å². The maximum Gasteiger partial charge on any atom is 0.0786 e. The van der Waals surface area contributed by atoms with Crippen molar-refractivity contribution in [2.75, 3.05) is 6.61 Å². The van der Waals surface area contributed by atoms with Crippen LogP contribution in [0.1, 0.15) is 51.4 Å². The summed E-state index contributed by atoms with van der Waals surface area (Å²) in [6.45, 7) is 0.911. The van der Waals surface area contributed by atoms with E-state index in [1.54, 1.807) is 0 Å². The van der Waals surface area contributed by atoms with Crippen LogP contribution in [-0.2, 0) is 4.74 Å². The van der Waals surface area contributed by atoms with Gasteiger partial charge in [-0.2, -0.15) is 0 Å². The molecule has 86 valence electrons. The molecule has 0 radical (unpaired) electrons. The third-order valence-corrected chi connectivity index (χ3v) is 4.78. The molecule has 3 fully saturated rings. The maximum atomic E-state index is 6.69. The predicted molar refractivity (Wildman–Crippen MR) is 60.6 cm³/mol. The molecule has 0 spiro atoms. The van der Waals surface area contributed by atoms with Gasteiger partial charge in [0.25, 0.3) is 0 Å². The summed E-state index contributed by atoms with van der Waals surface area (Å²) < 4.78 is 5.92. The first-order valence-corrected chi connectivity index (χ1v) is 6.71. The molecule has 1 aliphatic heterocycles. The molecular weight excluding hydrogens is 186 g/mol. The number of hydrogen-bond acceptors (Lipinski definition) is 2. The molecule has 2 saturated carbocycles. The SMILES string of the molecule is NC1(C2CCCCC2)CCOC1C1CC1. The van der Waals surface area contributed by atoms with Crippen LogP contribution in [0.15, 0.2) is 0 Å². The predicted octanol–water partition coefficient (Wildman–Crippen LogP) is 2.46. The summed E-state index contributed by atoms with van der Waals surface area (Å²) in [4.78, 5) is 0. The highest BCUT2D eigenvalue weighted by molar-refractivity contribution is 5.07. The standard InChI is InChI=1S/C13H23NO/c14-13(11-4-2-1-3-5-11)8-9-15-12(13)10-6-7-10/h10-12H,1-9,14H2. The molecule has 0 amide bonds. The summed E-state index contributed by atoms with van der Waals surface area (Å²) in [7, 11) is 0. The average Bonchev–Trinajstić information content (AvgIpc) is 3.04. The fourth-order valence-corrected chi connectivity index (χ4v) is 3.71. The molecule has 2 unspecified atom stereocenters. The smallest absolute Gasteiger partial charge is 0.0786 e. The van der Waals surface area contributed by atoms with Gasteiger partial charge in [0.1, 0.15) is 0 Å². The third kappa shape index (κ3) is 1.72. The Morgan fingerprint density at radius 2 is 1.73 bits per heavy atom. The van der Waals surface area contributed by atoms with E-state index < -0.39 is 0 Å². The van der Waals surface area contributed by atoms with Crippen molar-refractivity contribution in [1.29, 1.82) is 0 Å². The number of nitrogens with two attached hydrogens (primary N) is 1. The number of rotatable bonds is 2. The van der Waals surface area contributed by atoms with E-state index in [0.717, 1.165) is 24.9 Å². The van der Waals surface area contributed by atoms with E-state index in [4.69, 9.17) is 10.5 Å². The normalized spacial score (nSPS) is 43.4. The first kappa shape index (κ1) is 10.1. The zero-order valence-electron chi connectivity index (χ0n) is 9.58. The third-order valence-electron chi connectivity index (χ3n) is 4.78. The van der Waals surface area contributed by atoms with Crippen molar-refractivity contribution in [2.24, 2.45) is 17.6 Å². The van der Waals surface area contributed by atoms with Gasteiger partial charge in [0.15, 0.2) is 0 Å². The van der Waals surface area contributed by atoms with Gasteiger partial charge in [0.05, 0.1) is 6.10 Å². The average molecular weight is 209 g/mol. The van der Waals surface area contributed by atoms with E-state index in [-0.39, 0.29) is 5.54 Å². The Morgan fingerprint density at radius 1 is 1.00 bits per heavy atom. The molecule has 0 aromatic heterocycles. The first-order valence-electron chi connectivity index (χ1n) is 6.71. The topological polar surface area (TPSA) is 35.2 Å². The summed E-state index contributed by atoms with van der Waals surface area (Å²) in [5.41, 5.74) is 6.74. The van der Waals surface area contributed by atoms with Crippen molar-refractivity contribution < 1.29 is 4.74 Å². The Labute approximate surface area is 92.6 Å². The van der Waals surface area contributed by atoms with Gasteiger partial charge in [-0.3, -0.25) is 0 Å². The van der Waals surface area contributed by atoms with Gasteiger partial charge in [-0.15, -0.1) is 0 Å². The molecule has 2 nitrogen and oxygen atoms in total. The summed E-state index contributed by atoms with van der Waals surface area (Å²) >= 11 is 0. The molecule has 0 aromatic carbocycles. The van der Waals surface area contributed by atoms with Crippen LogP contribution >= 0.6 is 0 Å². The lowest BCUT2D eigenvalue weighted by molar-refractivity contribution is 0.0353. The lowest BCUT2D eigenvalue weighted by atomic mass is 9.70. The number of ether oxygens (including phenoxy) is 1. The Kier molecular flexibility index (Phi) is 2.52. The van der Waals surface area contributed by atoms with E-state index in [2.05, 4.69) is 0 Å². The second-order valence-electron chi connectivity index (χ2n) is 5.83. The van der Waals surface area contributed by atoms with Crippen molar-refractivity contribution in [2.45, 2.75) is 63.0 Å². The summed E-state index contributed by atoms with van der Waals surface area (Å²) in [6.07, 6.45) is 11.1. The molecule has 2 heteroatoms. The molecule has 15 heavy (non-hydrogen) atoms. The van der Waals surface area contributed by atoms with Gasteiger partial charge >= 0.3 is 0 Å². The molecule has 2 N–H and O–H groups in total. The highest BCUT2D eigenvalue weighted by Crippen LogP contribution is 2.47. The van der Waals surface area contributed by atoms with Crippen molar-refractivity contribution in [3.8, 4) is 0 Å². The van der Waals surface area contributed by atoms with Gasteiger partial charge < -0.3 is 10.5 Å². The van der Waals surface area contributed by atoms with Crippen LogP contribution in [0.4, 0.5) is 0 Å². The quantitative estimate of drug-likeness (QED) is 0.758. The highest BCUT2D eigenvalue weighted by atomic mass is 16.5. The molecule has 2 atom stereocenters. The van der Waals surface area contributed by atoms with Gasteiger partial charge in [-0.1, -0.05) is 19.3 Å². The monoisotopic (exact) mass is 209 g/mol. The largest absolute Gasteiger partial charge is 0.376 e. The Hall–Kier alpha value is -0.0800. The molecule has 0 bridgehead atoms. The minimum atomic E-state index is 0.0432. The van der Waals surface area contributed by atoms with Gasteiger partial charge in [-0.25, -0.2) is 0 Å². The van der Waals surface area contributed by atoms with Crippen LogP contribution in [0.2, 0.25) is 0 Å². The summed E-state index contributed by atoms with van der Waals surface area (Å²) in [5.74, 6) is 1.55. The van der Waals surface area contributed by atoms with Gasteiger partial charge in [-0.05, 0) is 43.9 Å². The van der Waals surface area contributed by atoms with Crippen LogP contribution in [0.5, 0.6) is 0 Å². The van der Waals surface area contributed by atoms with Crippen molar-refractivity contribution in [3.05, 3.63) is 0 Å². The second-order valence-corrected chi connectivity index (χ2v) is 5.83. The highest BCUT2D eigenvalue weighted by Gasteiger charge is 2.52. The summed E-state index contributed by atoms with van der Waals surface area (Å²) in [5, 5.41) is 0. The van der Waals surface area contributed by atoms with Crippen LogP contribution < -0.4 is 5.73 Å². The van der Waals surface area contributed by atoms with E-state index in [1.165, 1.54) is 44.9 Å². The van der Waals surface area contributed by atoms with Crippen LogP contribution in [0, 0.1) is 11.8 Å². The fourth-order valence-electron chi connectivity index (χ4n) is 3.71. The fraction of sp³-hybridized carbons (Fsp3) is 1.00. The molecule has 1 saturated heterocycles. The Morgan fingerprint density at radius 3 is 2.40 bits per heavy atom. The zero-order chi connectivity index (χ0) is 10.3. The molecule has 0 aromatic rings. The minimum absolute atomic E-state index is 0.0432. The second kappa shape index (κ2) is 3.74. The maximum absolute atomic E-state index is 6.69. The van der Waals surface area contributed by atoms with Crippen molar-refractivity contribution >= 4 is 0 Å². The Balaban J connectivity index is 1.74. The molecule has 3 aliphatic rings.